The van der Waals surface area contributed by atoms with E-state index in [0.29, 0.717) is 3.57 Å². The molecule has 100 valence electrons. The Bertz CT molecular complexity index is 730. The average molecular weight is 402 g/mol. The number of rotatable bonds is 3. The highest BCUT2D eigenvalue weighted by Crippen LogP contribution is 2.36. The van der Waals surface area contributed by atoms with Gasteiger partial charge in [0, 0.05) is 12.1 Å². The van der Waals surface area contributed by atoms with Gasteiger partial charge in [-0.2, -0.15) is 5.26 Å². The van der Waals surface area contributed by atoms with Crippen molar-refractivity contribution in [1.29, 1.82) is 5.26 Å². The number of halogens is 2. The smallest absolute Gasteiger partial charge is 0.314 e. The van der Waals surface area contributed by atoms with Crippen LogP contribution >= 0.6 is 34.2 Å². The Kier molecular flexibility index (Phi) is 4.36. The van der Waals surface area contributed by atoms with Gasteiger partial charge in [0.25, 0.3) is 0 Å². The van der Waals surface area contributed by atoms with E-state index in [2.05, 4.69) is 4.98 Å². The second-order valence-electron chi connectivity index (χ2n) is 3.58. The van der Waals surface area contributed by atoms with Crippen molar-refractivity contribution < 1.29 is 9.66 Å². The van der Waals surface area contributed by atoms with Crippen molar-refractivity contribution in [2.24, 2.45) is 0 Å². The van der Waals surface area contributed by atoms with Gasteiger partial charge in [0.15, 0.2) is 0 Å². The van der Waals surface area contributed by atoms with E-state index in [9.17, 15) is 10.1 Å². The van der Waals surface area contributed by atoms with E-state index in [1.807, 2.05) is 28.7 Å². The molecule has 0 aliphatic heterocycles. The third-order valence-electron chi connectivity index (χ3n) is 2.25. The van der Waals surface area contributed by atoms with Gasteiger partial charge in [-0.25, -0.2) is 4.98 Å². The molecule has 6 nitrogen and oxygen atoms in total. The normalized spacial score (nSPS) is 9.85. The maximum atomic E-state index is 11.1. The minimum atomic E-state index is -0.608. The first-order chi connectivity index (χ1) is 9.51. The molecule has 8 heteroatoms. The molecule has 1 aromatic carbocycles. The molecule has 0 atom stereocenters. The predicted molar refractivity (Wildman–Crippen MR) is 79.8 cm³/mol. The van der Waals surface area contributed by atoms with Crippen LogP contribution in [0.4, 0.5) is 5.69 Å². The summed E-state index contributed by atoms with van der Waals surface area (Å²) < 4.78 is 5.87. The lowest BCUT2D eigenvalue weighted by atomic mass is 10.2. The maximum absolute atomic E-state index is 11.1. The van der Waals surface area contributed by atoms with Crippen molar-refractivity contribution in [2.75, 3.05) is 0 Å². The molecule has 0 fully saturated rings. The Labute approximate surface area is 132 Å². The van der Waals surface area contributed by atoms with E-state index in [1.165, 1.54) is 12.1 Å². The third kappa shape index (κ3) is 3.15. The molecule has 2 rings (SSSR count). The Morgan fingerprint density at radius 3 is 2.80 bits per heavy atom. The first-order valence-corrected chi connectivity index (χ1v) is 6.65. The van der Waals surface area contributed by atoms with Crippen molar-refractivity contribution in [1.82, 2.24) is 4.98 Å². The predicted octanol–water partition coefficient (Wildman–Crippen LogP) is 3.91. The van der Waals surface area contributed by atoms with Crippen LogP contribution in [0.25, 0.3) is 0 Å². The fourth-order valence-electron chi connectivity index (χ4n) is 1.43. The fourth-order valence-corrected chi connectivity index (χ4v) is 2.31. The van der Waals surface area contributed by atoms with Crippen LogP contribution < -0.4 is 4.74 Å². The Morgan fingerprint density at radius 1 is 1.45 bits per heavy atom. The summed E-state index contributed by atoms with van der Waals surface area (Å²) >= 11 is 7.59. The Balaban J connectivity index is 2.51. The molecule has 0 aliphatic carbocycles. The van der Waals surface area contributed by atoms with E-state index in [-0.39, 0.29) is 28.0 Å². The maximum Gasteiger partial charge on any atom is 0.314 e. The zero-order chi connectivity index (χ0) is 14.7. The Hall–Kier alpha value is -1.92. The Morgan fingerprint density at radius 2 is 2.20 bits per heavy atom. The number of nitro groups is 1. The SMILES string of the molecule is N#Cc1cc(I)c(Oc2cccc(Cl)n2)c([N+](=O)[O-])c1. The molecule has 0 N–H and O–H groups in total. The van der Waals surface area contributed by atoms with Gasteiger partial charge in [0.2, 0.25) is 11.6 Å². The molecule has 1 heterocycles. The van der Waals surface area contributed by atoms with E-state index < -0.39 is 4.92 Å². The summed E-state index contributed by atoms with van der Waals surface area (Å²) in [6, 6.07) is 9.22. The number of pyridine rings is 1. The average Bonchev–Trinajstić information content (AvgIpc) is 2.40. The van der Waals surface area contributed by atoms with Crippen LogP contribution in [-0.4, -0.2) is 9.91 Å². The molecule has 0 spiro atoms. The molecule has 2 aromatic rings. The molecular formula is C12H5ClIN3O3. The van der Waals surface area contributed by atoms with E-state index in [1.54, 1.807) is 12.1 Å². The lowest BCUT2D eigenvalue weighted by Gasteiger charge is -2.08. The minimum Gasteiger partial charge on any atom is -0.431 e. The quantitative estimate of drug-likeness (QED) is 0.337. The van der Waals surface area contributed by atoms with Gasteiger partial charge < -0.3 is 4.74 Å². The number of hydrogen-bond donors (Lipinski definition) is 0. The molecule has 0 radical (unpaired) electrons. The third-order valence-corrected chi connectivity index (χ3v) is 3.26. The summed E-state index contributed by atoms with van der Waals surface area (Å²) in [6.07, 6.45) is 0. The van der Waals surface area contributed by atoms with Gasteiger partial charge >= 0.3 is 5.69 Å². The highest BCUT2D eigenvalue weighted by atomic mass is 127. The van der Waals surface area contributed by atoms with Crippen molar-refractivity contribution in [2.45, 2.75) is 0 Å². The minimum absolute atomic E-state index is 0.0318. The zero-order valence-electron chi connectivity index (χ0n) is 9.71. The fraction of sp³-hybridized carbons (Fsp3) is 0. The number of ether oxygens (including phenoxy) is 1. The van der Waals surface area contributed by atoms with Gasteiger partial charge in [0.1, 0.15) is 5.15 Å². The van der Waals surface area contributed by atoms with Crippen molar-refractivity contribution in [3.05, 3.63) is 54.7 Å². The summed E-state index contributed by atoms with van der Waals surface area (Å²) in [5, 5.41) is 20.1. The van der Waals surface area contributed by atoms with Crippen LogP contribution in [0.2, 0.25) is 5.15 Å². The molecule has 0 amide bonds. The number of nitrogens with zero attached hydrogens (tertiary/aromatic N) is 3. The molecule has 0 bridgehead atoms. The molecule has 20 heavy (non-hydrogen) atoms. The van der Waals surface area contributed by atoms with Crippen LogP contribution in [0.3, 0.4) is 0 Å². The summed E-state index contributed by atoms with van der Waals surface area (Å²) in [5.41, 5.74) is -0.109. The number of nitro benzene ring substituents is 1. The molecule has 0 aliphatic rings. The van der Waals surface area contributed by atoms with E-state index >= 15 is 0 Å². The number of aromatic nitrogens is 1. The van der Waals surface area contributed by atoms with Crippen LogP contribution in [0.1, 0.15) is 5.56 Å². The molecule has 1 aromatic heterocycles. The van der Waals surface area contributed by atoms with Crippen molar-refractivity contribution in [3.63, 3.8) is 0 Å². The number of nitriles is 1. The van der Waals surface area contributed by atoms with Gasteiger partial charge in [0.05, 0.1) is 20.1 Å². The topological polar surface area (TPSA) is 89.0 Å². The second-order valence-corrected chi connectivity index (χ2v) is 5.13. The van der Waals surface area contributed by atoms with E-state index in [4.69, 9.17) is 21.6 Å². The molecule has 0 unspecified atom stereocenters. The number of hydrogen-bond acceptors (Lipinski definition) is 5. The standard InChI is InChI=1S/C12H5ClIN3O3/c13-10-2-1-3-11(16-10)20-12-8(14)4-7(6-15)5-9(12)17(18)19/h1-5H. The molecular weight excluding hydrogens is 397 g/mol. The highest BCUT2D eigenvalue weighted by molar-refractivity contribution is 14.1. The first-order valence-electron chi connectivity index (χ1n) is 5.19. The monoisotopic (exact) mass is 401 g/mol. The summed E-state index contributed by atoms with van der Waals surface area (Å²) in [5.74, 6) is 0.174. The van der Waals surface area contributed by atoms with Crippen molar-refractivity contribution in [3.8, 4) is 17.7 Å². The van der Waals surface area contributed by atoms with Crippen LogP contribution in [0.15, 0.2) is 30.3 Å². The largest absolute Gasteiger partial charge is 0.431 e. The summed E-state index contributed by atoms with van der Waals surface area (Å²) in [6.45, 7) is 0. The van der Waals surface area contributed by atoms with Crippen LogP contribution in [-0.2, 0) is 0 Å². The van der Waals surface area contributed by atoms with E-state index in [0.717, 1.165) is 6.07 Å². The van der Waals surface area contributed by atoms with Gasteiger partial charge in [-0.3, -0.25) is 10.1 Å². The highest BCUT2D eigenvalue weighted by Gasteiger charge is 2.21. The van der Waals surface area contributed by atoms with Gasteiger partial charge in [-0.1, -0.05) is 17.7 Å². The molecule has 0 saturated carbocycles. The van der Waals surface area contributed by atoms with Crippen LogP contribution in [0, 0.1) is 25.0 Å². The molecule has 0 saturated heterocycles. The zero-order valence-corrected chi connectivity index (χ0v) is 12.6. The lowest BCUT2D eigenvalue weighted by Crippen LogP contribution is -1.98. The first kappa shape index (κ1) is 14.5. The van der Waals surface area contributed by atoms with Crippen molar-refractivity contribution >= 4 is 39.9 Å². The number of benzene rings is 1. The summed E-state index contributed by atoms with van der Waals surface area (Å²) in [4.78, 5) is 14.4. The summed E-state index contributed by atoms with van der Waals surface area (Å²) in [7, 11) is 0. The lowest BCUT2D eigenvalue weighted by molar-refractivity contribution is -0.385. The van der Waals surface area contributed by atoms with Gasteiger partial charge in [-0.15, -0.1) is 0 Å². The second kappa shape index (κ2) is 6.02. The van der Waals surface area contributed by atoms with Gasteiger partial charge in [-0.05, 0) is 34.7 Å². The van der Waals surface area contributed by atoms with Crippen LogP contribution in [0.5, 0.6) is 11.6 Å².